The van der Waals surface area contributed by atoms with E-state index in [-0.39, 0.29) is 40.2 Å². The Hall–Kier alpha value is -3.74. The van der Waals surface area contributed by atoms with Crippen LogP contribution in [-0.4, -0.2) is 32.5 Å². The molecule has 7 heteroatoms. The molecule has 3 aromatic rings. The van der Waals surface area contributed by atoms with Crippen molar-refractivity contribution in [1.29, 1.82) is 0 Å². The van der Waals surface area contributed by atoms with Gasteiger partial charge in [-0.05, 0) is 44.9 Å². The van der Waals surface area contributed by atoms with Gasteiger partial charge in [0.1, 0.15) is 5.57 Å². The van der Waals surface area contributed by atoms with Crippen molar-refractivity contribution in [2.24, 2.45) is 0 Å². The summed E-state index contributed by atoms with van der Waals surface area (Å²) in [5.41, 5.74) is 2.50. The third-order valence-corrected chi connectivity index (χ3v) is 6.57. The van der Waals surface area contributed by atoms with Gasteiger partial charge >= 0.3 is 5.91 Å². The van der Waals surface area contributed by atoms with Crippen molar-refractivity contribution in [3.05, 3.63) is 82.0 Å². The van der Waals surface area contributed by atoms with Crippen LogP contribution in [0.5, 0.6) is 0 Å². The summed E-state index contributed by atoms with van der Waals surface area (Å²) in [4.78, 5) is 42.5. The fourth-order valence-electron chi connectivity index (χ4n) is 5.00. The van der Waals surface area contributed by atoms with Crippen LogP contribution in [0.1, 0.15) is 48.9 Å². The smallest absolute Gasteiger partial charge is 0.295 e. The summed E-state index contributed by atoms with van der Waals surface area (Å²) in [5.74, 6) is -0.709. The summed E-state index contributed by atoms with van der Waals surface area (Å²) in [6.07, 6.45) is 8.29. The van der Waals surface area contributed by atoms with Crippen LogP contribution in [0.15, 0.2) is 59.7 Å². The number of hydrogen-bond donors (Lipinski definition) is 1. The molecular weight excluding hydrogens is 416 g/mol. The number of para-hydroxylation sites is 1. The highest BCUT2D eigenvalue weighted by molar-refractivity contribution is 6.44. The van der Waals surface area contributed by atoms with Gasteiger partial charge in [0.15, 0.2) is 12.4 Å². The molecule has 1 saturated carbocycles. The maximum Gasteiger partial charge on any atom is 0.327 e. The second kappa shape index (κ2) is 8.31. The van der Waals surface area contributed by atoms with Crippen LogP contribution in [0.3, 0.4) is 0 Å². The highest BCUT2D eigenvalue weighted by Gasteiger charge is 2.49. The van der Waals surface area contributed by atoms with E-state index in [2.05, 4.69) is 5.10 Å². The number of rotatable bonds is 4. The lowest BCUT2D eigenvalue weighted by Crippen LogP contribution is -2.45. The Morgan fingerprint density at radius 2 is 1.64 bits per heavy atom. The molecule has 0 spiro atoms. The third kappa shape index (κ3) is 3.53. The molecule has 2 aromatic heterocycles. The van der Waals surface area contributed by atoms with Crippen LogP contribution in [0.2, 0.25) is 0 Å². The van der Waals surface area contributed by atoms with Crippen molar-refractivity contribution in [1.82, 2.24) is 14.7 Å². The van der Waals surface area contributed by atoms with Crippen LogP contribution in [0.25, 0.3) is 17.0 Å². The quantitative estimate of drug-likeness (QED) is 0.497. The Balaban J connectivity index is 1.72. The van der Waals surface area contributed by atoms with Crippen LogP contribution in [-0.2, 0) is 9.59 Å². The number of H-pyrrole nitrogens is 1. The predicted molar refractivity (Wildman–Crippen MR) is 124 cm³/mol. The Morgan fingerprint density at radius 3 is 2.33 bits per heavy atom. The van der Waals surface area contributed by atoms with Gasteiger partial charge in [-0.2, -0.15) is 4.57 Å². The number of nitrogens with one attached hydrogen (secondary N) is 1. The lowest BCUT2D eigenvalue weighted by Gasteiger charge is -2.29. The number of hydrogen-bond acceptors (Lipinski definition) is 3. The Kier molecular flexibility index (Phi) is 5.32. The van der Waals surface area contributed by atoms with E-state index in [0.29, 0.717) is 11.4 Å². The van der Waals surface area contributed by atoms with E-state index in [0.717, 1.165) is 37.7 Å². The molecule has 33 heavy (non-hydrogen) atoms. The predicted octanol–water partition coefficient (Wildman–Crippen LogP) is 3.14. The van der Waals surface area contributed by atoms with Crippen LogP contribution < -0.4 is 10.1 Å². The minimum Gasteiger partial charge on any atom is -0.295 e. The summed E-state index contributed by atoms with van der Waals surface area (Å²) in [5, 5.41) is 3.10. The molecule has 1 aromatic carbocycles. The molecule has 0 saturated heterocycles. The van der Waals surface area contributed by atoms with E-state index in [1.54, 1.807) is 17.7 Å². The Labute approximate surface area is 192 Å². The SMILES string of the molecule is Cc1ccc[n+](C2=C(c3c(C)[nH]n(-c4ccccc4)c3=O)C(=O)N(C3CCCCC3)C2=O)c1. The van der Waals surface area contributed by atoms with Gasteiger partial charge in [0.05, 0.1) is 11.3 Å². The highest BCUT2D eigenvalue weighted by atomic mass is 16.2. The number of carbonyl (C=O) groups is 2. The minimum atomic E-state index is -0.379. The van der Waals surface area contributed by atoms with Crippen molar-refractivity contribution in [2.75, 3.05) is 0 Å². The van der Waals surface area contributed by atoms with Crippen molar-refractivity contribution in [2.45, 2.75) is 52.0 Å². The number of nitrogens with zero attached hydrogens (tertiary/aromatic N) is 3. The highest BCUT2D eigenvalue weighted by Crippen LogP contribution is 2.34. The molecule has 0 radical (unpaired) electrons. The summed E-state index contributed by atoms with van der Waals surface area (Å²) >= 11 is 0. The molecule has 7 nitrogen and oxygen atoms in total. The van der Waals surface area contributed by atoms with Gasteiger partial charge in [0.2, 0.25) is 0 Å². The first kappa shape index (κ1) is 21.1. The Morgan fingerprint density at radius 1 is 0.909 bits per heavy atom. The summed E-state index contributed by atoms with van der Waals surface area (Å²) in [6, 6.07) is 12.9. The van der Waals surface area contributed by atoms with Crippen LogP contribution >= 0.6 is 0 Å². The number of carbonyl (C=O) groups excluding carboxylic acids is 2. The van der Waals surface area contributed by atoms with Gasteiger partial charge in [-0.1, -0.05) is 37.5 Å². The summed E-state index contributed by atoms with van der Waals surface area (Å²) in [7, 11) is 0. The average molecular weight is 444 g/mol. The van der Waals surface area contributed by atoms with Crippen molar-refractivity contribution >= 4 is 23.1 Å². The van der Waals surface area contributed by atoms with E-state index in [1.165, 1.54) is 9.58 Å². The maximum atomic E-state index is 13.8. The molecule has 168 valence electrons. The van der Waals surface area contributed by atoms with Crippen molar-refractivity contribution in [3.8, 4) is 5.69 Å². The number of pyridine rings is 1. The molecule has 2 amide bonds. The second-order valence-corrected chi connectivity index (χ2v) is 8.87. The lowest BCUT2D eigenvalue weighted by molar-refractivity contribution is -0.577. The monoisotopic (exact) mass is 443 g/mol. The molecule has 0 atom stereocenters. The molecule has 1 fully saturated rings. The zero-order valence-electron chi connectivity index (χ0n) is 18.9. The normalized spacial score (nSPS) is 17.3. The van der Waals surface area contributed by atoms with E-state index in [9.17, 15) is 14.4 Å². The molecule has 1 N–H and O–H groups in total. The fourth-order valence-corrected chi connectivity index (χ4v) is 5.00. The number of aryl methyl sites for hydroxylation is 2. The first-order valence-corrected chi connectivity index (χ1v) is 11.4. The number of benzene rings is 1. The van der Waals surface area contributed by atoms with Gasteiger partial charge < -0.3 is 0 Å². The molecule has 5 rings (SSSR count). The van der Waals surface area contributed by atoms with E-state index >= 15 is 0 Å². The number of imide groups is 1. The molecule has 1 aliphatic heterocycles. The number of aromatic amines is 1. The molecule has 0 unspecified atom stereocenters. The largest absolute Gasteiger partial charge is 0.327 e. The summed E-state index contributed by atoms with van der Waals surface area (Å²) in [6.45, 7) is 3.70. The molecule has 2 aliphatic rings. The molecule has 0 bridgehead atoms. The fraction of sp³-hybridized carbons (Fsp3) is 0.308. The summed E-state index contributed by atoms with van der Waals surface area (Å²) < 4.78 is 3.11. The van der Waals surface area contributed by atoms with Gasteiger partial charge in [0.25, 0.3) is 17.2 Å². The first-order valence-electron chi connectivity index (χ1n) is 11.4. The molecule has 3 heterocycles. The molecular formula is C26H27N4O3+. The van der Waals surface area contributed by atoms with Crippen molar-refractivity contribution in [3.63, 3.8) is 0 Å². The van der Waals surface area contributed by atoms with E-state index in [1.807, 2.05) is 55.6 Å². The van der Waals surface area contributed by atoms with Crippen LogP contribution in [0.4, 0.5) is 0 Å². The van der Waals surface area contributed by atoms with Crippen molar-refractivity contribution < 1.29 is 14.2 Å². The molecule has 1 aliphatic carbocycles. The number of amides is 2. The van der Waals surface area contributed by atoms with E-state index in [4.69, 9.17) is 0 Å². The second-order valence-electron chi connectivity index (χ2n) is 8.87. The van der Waals surface area contributed by atoms with Crippen LogP contribution in [0, 0.1) is 13.8 Å². The van der Waals surface area contributed by atoms with Gasteiger partial charge in [-0.3, -0.25) is 24.4 Å². The Bertz CT molecular complexity index is 1330. The first-order chi connectivity index (χ1) is 16.0. The number of aromatic nitrogens is 3. The average Bonchev–Trinajstić information content (AvgIpc) is 3.26. The zero-order valence-corrected chi connectivity index (χ0v) is 18.9. The zero-order chi connectivity index (χ0) is 23.1. The van der Waals surface area contributed by atoms with Gasteiger partial charge in [-0.25, -0.2) is 4.68 Å². The topological polar surface area (TPSA) is 79.1 Å². The third-order valence-electron chi connectivity index (χ3n) is 6.57. The standard InChI is InChI=1S/C26H26N4O3/c1-17-10-9-15-28(16-17)23-22(24(31)29(26(23)33)19-11-5-3-6-12-19)21-18(2)27-30(25(21)32)20-13-7-4-8-14-20/h4,7-10,13-16,19H,3,5-6,11-12H2,1-2H3/p+1. The van der Waals surface area contributed by atoms with Gasteiger partial charge in [0, 0.05) is 23.4 Å². The minimum absolute atomic E-state index is 0.132. The lowest BCUT2D eigenvalue weighted by atomic mass is 9.94. The van der Waals surface area contributed by atoms with Gasteiger partial charge in [-0.15, -0.1) is 0 Å². The van der Waals surface area contributed by atoms with E-state index < -0.39 is 0 Å². The maximum absolute atomic E-state index is 13.8.